The Morgan fingerprint density at radius 1 is 0.875 bits per heavy atom. The Morgan fingerprint density at radius 3 is 2.27 bits per heavy atom. The van der Waals surface area contributed by atoms with Gasteiger partial charge < -0.3 is 34.6 Å². The van der Waals surface area contributed by atoms with Gasteiger partial charge in [-0.2, -0.15) is 0 Å². The van der Waals surface area contributed by atoms with E-state index in [9.17, 15) is 14.4 Å². The Labute approximate surface area is 327 Å². The number of fused-ring (bicyclic) bond motifs is 1. The molecule has 3 amide bonds. The van der Waals surface area contributed by atoms with Crippen LogP contribution in [0, 0.1) is 11.8 Å². The number of carbonyl (C=O) groups excluding carboxylic acids is 3. The SMILES string of the molecule is CCN(Cc1ncc(-c2ccc(-c3cnc4cc(-c5cnc([C@@H]6CCCN6C(=O)[C@@H](NC(=O)OC)C(C)C)[nH]5)ccc4n3)cc2)[nH]1)C(=O)[C@@H](NCOC)C(C)C. The first-order chi connectivity index (χ1) is 27.0. The fraction of sp³-hybridized carbons (Fsp3) is 0.439. The molecule has 1 fully saturated rings. The molecule has 0 radical (unpaired) electrons. The molecule has 56 heavy (non-hydrogen) atoms. The number of benzene rings is 2. The van der Waals surface area contributed by atoms with Crippen molar-refractivity contribution in [1.29, 1.82) is 0 Å². The Hall–Kier alpha value is -5.67. The van der Waals surface area contributed by atoms with Gasteiger partial charge in [-0.1, -0.05) is 58.0 Å². The number of rotatable bonds is 15. The van der Waals surface area contributed by atoms with Crippen LogP contribution in [-0.4, -0.2) is 104 Å². The third-order valence-corrected chi connectivity index (χ3v) is 10.2. The molecule has 0 aliphatic carbocycles. The van der Waals surface area contributed by atoms with Crippen LogP contribution in [0.1, 0.15) is 65.2 Å². The highest BCUT2D eigenvalue weighted by Gasteiger charge is 2.37. The number of aromatic amines is 2. The van der Waals surface area contributed by atoms with E-state index >= 15 is 0 Å². The Morgan fingerprint density at radius 2 is 1.57 bits per heavy atom. The molecule has 0 spiro atoms. The highest BCUT2D eigenvalue weighted by Crippen LogP contribution is 2.33. The molecule has 15 heteroatoms. The minimum Gasteiger partial charge on any atom is -0.453 e. The lowest BCUT2D eigenvalue weighted by molar-refractivity contribution is -0.136. The topological polar surface area (TPSA) is 183 Å². The van der Waals surface area contributed by atoms with E-state index in [1.165, 1.54) is 7.11 Å². The molecule has 2 aromatic carbocycles. The molecule has 4 N–H and O–H groups in total. The largest absolute Gasteiger partial charge is 0.453 e. The van der Waals surface area contributed by atoms with Crippen LogP contribution in [0.4, 0.5) is 4.79 Å². The predicted octanol–water partition coefficient (Wildman–Crippen LogP) is 5.69. The van der Waals surface area contributed by atoms with E-state index in [1.807, 2.05) is 77.1 Å². The zero-order chi connectivity index (χ0) is 39.9. The second-order valence-electron chi connectivity index (χ2n) is 14.7. The van der Waals surface area contributed by atoms with Crippen molar-refractivity contribution in [2.75, 3.05) is 34.0 Å². The quantitative estimate of drug-likeness (QED) is 0.0967. The number of imidazole rings is 2. The van der Waals surface area contributed by atoms with Crippen LogP contribution in [0.15, 0.2) is 61.1 Å². The van der Waals surface area contributed by atoms with Gasteiger partial charge in [0.1, 0.15) is 17.7 Å². The number of hydrogen-bond acceptors (Lipinski definition) is 10. The summed E-state index contributed by atoms with van der Waals surface area (Å²) in [6.45, 7) is 11.6. The molecule has 1 aliphatic heterocycles. The van der Waals surface area contributed by atoms with Gasteiger partial charge >= 0.3 is 6.09 Å². The molecule has 6 rings (SSSR count). The third kappa shape index (κ3) is 8.89. The molecule has 0 saturated carbocycles. The summed E-state index contributed by atoms with van der Waals surface area (Å²) >= 11 is 0. The van der Waals surface area contributed by atoms with Gasteiger partial charge in [0.05, 0.1) is 79.2 Å². The number of amides is 3. The second kappa shape index (κ2) is 17.9. The van der Waals surface area contributed by atoms with Crippen molar-refractivity contribution in [3.8, 4) is 33.8 Å². The van der Waals surface area contributed by atoms with E-state index in [0.29, 0.717) is 38.0 Å². The maximum Gasteiger partial charge on any atom is 0.407 e. The van der Waals surface area contributed by atoms with Gasteiger partial charge in [-0.25, -0.2) is 19.7 Å². The number of likely N-dealkylation sites (tertiary alicyclic amines) is 1. The summed E-state index contributed by atoms with van der Waals surface area (Å²) in [6.07, 6.45) is 6.31. The second-order valence-corrected chi connectivity index (χ2v) is 14.7. The standard InChI is InChI=1S/C41H52N10O5/c1-8-50(39(52)36(24(2)3)45-23-55-6)22-35-43-20-32(47-35)27-13-11-26(12-14-27)31-19-42-30-18-28(15-16-29(30)46-31)33-21-44-38(48-33)34-10-9-17-51(34)40(53)37(25(4)5)49-41(54)56-7/h11-16,18-21,24-25,34,36-37,45H,8-10,17,22-23H2,1-7H3,(H,43,47)(H,44,48)(H,49,54)/t34-,36-,37-/m0/s1. The third-order valence-electron chi connectivity index (χ3n) is 10.2. The van der Waals surface area contributed by atoms with Gasteiger partial charge in [0, 0.05) is 31.3 Å². The number of alkyl carbamates (subject to hydrolysis) is 1. The number of ether oxygens (including phenoxy) is 2. The van der Waals surface area contributed by atoms with Crippen LogP contribution in [-0.2, 0) is 25.6 Å². The van der Waals surface area contributed by atoms with Gasteiger partial charge in [0.25, 0.3) is 0 Å². The van der Waals surface area contributed by atoms with Crippen molar-refractivity contribution in [2.24, 2.45) is 11.8 Å². The van der Waals surface area contributed by atoms with Gasteiger partial charge in [0.15, 0.2) is 0 Å². The average Bonchev–Trinajstić information content (AvgIpc) is 4.00. The first-order valence-electron chi connectivity index (χ1n) is 19.1. The average molecular weight is 765 g/mol. The Bertz CT molecular complexity index is 2130. The van der Waals surface area contributed by atoms with Crippen LogP contribution < -0.4 is 10.6 Å². The van der Waals surface area contributed by atoms with Gasteiger partial charge in [0.2, 0.25) is 11.8 Å². The zero-order valence-electron chi connectivity index (χ0n) is 33.1. The van der Waals surface area contributed by atoms with Crippen LogP contribution in [0.25, 0.3) is 44.8 Å². The number of H-pyrrole nitrogens is 2. The van der Waals surface area contributed by atoms with Crippen molar-refractivity contribution in [1.82, 2.24) is 50.3 Å². The number of nitrogens with one attached hydrogen (secondary N) is 4. The molecule has 0 bridgehead atoms. The molecule has 1 aliphatic rings. The maximum absolute atomic E-state index is 13.6. The Kier molecular flexibility index (Phi) is 12.8. The summed E-state index contributed by atoms with van der Waals surface area (Å²) in [5.74, 6) is 1.27. The molecule has 0 unspecified atom stereocenters. The lowest BCUT2D eigenvalue weighted by atomic mass is 10.0. The van der Waals surface area contributed by atoms with Crippen molar-refractivity contribution < 1.29 is 23.9 Å². The van der Waals surface area contributed by atoms with Gasteiger partial charge in [-0.05, 0) is 49.3 Å². The van der Waals surface area contributed by atoms with Crippen LogP contribution in [0.5, 0.6) is 0 Å². The molecular weight excluding hydrogens is 713 g/mol. The lowest BCUT2D eigenvalue weighted by Gasteiger charge is -2.30. The smallest absolute Gasteiger partial charge is 0.407 e. The summed E-state index contributed by atoms with van der Waals surface area (Å²) in [5.41, 5.74) is 6.70. The van der Waals surface area contributed by atoms with Gasteiger partial charge in [-0.3, -0.25) is 19.9 Å². The van der Waals surface area contributed by atoms with Crippen molar-refractivity contribution >= 4 is 28.9 Å². The minimum atomic E-state index is -0.696. The zero-order valence-corrected chi connectivity index (χ0v) is 33.1. The van der Waals surface area contributed by atoms with E-state index in [4.69, 9.17) is 19.4 Å². The van der Waals surface area contributed by atoms with Crippen molar-refractivity contribution in [3.63, 3.8) is 0 Å². The molecule has 3 atom stereocenters. The van der Waals surface area contributed by atoms with Crippen molar-refractivity contribution in [2.45, 2.75) is 72.1 Å². The summed E-state index contributed by atoms with van der Waals surface area (Å²) < 4.78 is 9.90. The number of aromatic nitrogens is 6. The number of hydrogen-bond donors (Lipinski definition) is 4. The van der Waals surface area contributed by atoms with E-state index in [1.54, 1.807) is 35.5 Å². The molecule has 15 nitrogen and oxygen atoms in total. The number of methoxy groups -OCH3 is 2. The predicted molar refractivity (Wildman–Crippen MR) is 213 cm³/mol. The van der Waals surface area contributed by atoms with Crippen LogP contribution in [0.2, 0.25) is 0 Å². The van der Waals surface area contributed by atoms with E-state index in [-0.39, 0.29) is 35.7 Å². The van der Waals surface area contributed by atoms with Crippen LogP contribution >= 0.6 is 0 Å². The molecule has 296 valence electrons. The molecule has 5 aromatic rings. The van der Waals surface area contributed by atoms with Gasteiger partial charge in [-0.15, -0.1) is 0 Å². The monoisotopic (exact) mass is 764 g/mol. The first-order valence-corrected chi connectivity index (χ1v) is 19.1. The Balaban J connectivity index is 1.12. The normalized spacial score (nSPS) is 15.4. The maximum atomic E-state index is 13.6. The fourth-order valence-corrected chi connectivity index (χ4v) is 7.08. The summed E-state index contributed by atoms with van der Waals surface area (Å²) in [6, 6.07) is 12.7. The first kappa shape index (κ1) is 40.0. The van der Waals surface area contributed by atoms with E-state index in [0.717, 1.165) is 57.6 Å². The fourth-order valence-electron chi connectivity index (χ4n) is 7.08. The molecule has 3 aromatic heterocycles. The lowest BCUT2D eigenvalue weighted by Crippen LogP contribution is -2.51. The highest BCUT2D eigenvalue weighted by atomic mass is 16.5. The summed E-state index contributed by atoms with van der Waals surface area (Å²) in [4.78, 5) is 68.1. The van der Waals surface area contributed by atoms with E-state index < -0.39 is 12.1 Å². The molecular formula is C41H52N10O5. The number of likely N-dealkylation sites (N-methyl/N-ethyl adjacent to an activating group) is 1. The van der Waals surface area contributed by atoms with Crippen LogP contribution in [0.3, 0.4) is 0 Å². The summed E-state index contributed by atoms with van der Waals surface area (Å²) in [7, 11) is 2.89. The molecule has 4 heterocycles. The van der Waals surface area contributed by atoms with Crippen molar-refractivity contribution in [3.05, 3.63) is 72.7 Å². The highest BCUT2D eigenvalue weighted by molar-refractivity contribution is 5.87. The summed E-state index contributed by atoms with van der Waals surface area (Å²) in [5, 5.41) is 5.88. The van der Waals surface area contributed by atoms with E-state index in [2.05, 4.69) is 30.6 Å². The minimum absolute atomic E-state index is 0.0128. The molecule has 1 saturated heterocycles. The number of carbonyl (C=O) groups is 3. The number of nitrogens with zero attached hydrogens (tertiary/aromatic N) is 6.